The molecule has 0 radical (unpaired) electrons. The maximum Gasteiger partial charge on any atom is 0.336 e. The van der Waals surface area contributed by atoms with E-state index in [4.69, 9.17) is 9.47 Å². The number of non-ortho nitro benzene ring substituents is 1. The number of benzene rings is 2. The molecule has 4 rings (SSSR count). The maximum absolute atomic E-state index is 13.2. The van der Waals surface area contributed by atoms with Crippen LogP contribution in [0.1, 0.15) is 54.9 Å². The average molecular weight is 586 g/mol. The number of carbonyl (C=O) groups excluding carboxylic acids is 1. The highest BCUT2D eigenvalue weighted by Gasteiger charge is 2.37. The first-order chi connectivity index (χ1) is 20.8. The van der Waals surface area contributed by atoms with Crippen molar-refractivity contribution in [3.63, 3.8) is 0 Å². The molecule has 2 heterocycles. The van der Waals surface area contributed by atoms with Crippen LogP contribution in [-0.2, 0) is 31.9 Å². The molecule has 1 aromatic heterocycles. The Morgan fingerprint density at radius 1 is 0.953 bits per heavy atom. The lowest BCUT2D eigenvalue weighted by molar-refractivity contribution is -0.384. The van der Waals surface area contributed by atoms with Gasteiger partial charge in [-0.25, -0.2) is 9.59 Å². The van der Waals surface area contributed by atoms with Crippen LogP contribution in [0, 0.1) is 10.1 Å². The van der Waals surface area contributed by atoms with Crippen molar-refractivity contribution in [2.24, 2.45) is 0 Å². The lowest BCUT2D eigenvalue weighted by Gasteiger charge is -2.29. The molecule has 0 spiro atoms. The topological polar surface area (TPSA) is 141 Å². The number of carboxylic acids is 1. The molecular weight excluding hydrogens is 550 g/mol. The molecule has 1 atom stereocenters. The molecule has 43 heavy (non-hydrogen) atoms. The number of nitro groups is 1. The second-order valence-corrected chi connectivity index (χ2v) is 10.3. The number of pyridine rings is 1. The highest BCUT2D eigenvalue weighted by atomic mass is 16.6. The Bertz CT molecular complexity index is 1530. The zero-order valence-electron chi connectivity index (χ0n) is 24.2. The number of unbranched alkanes of at least 4 members (excludes halogenated alkanes) is 1. The summed E-state index contributed by atoms with van der Waals surface area (Å²) in [4.78, 5) is 40.4. The molecule has 0 saturated heterocycles. The second-order valence-electron chi connectivity index (χ2n) is 10.3. The number of dihydropyridines is 1. The number of nitrogens with one attached hydrogen (secondary N) is 1. The van der Waals surface area contributed by atoms with Crippen LogP contribution in [0.2, 0.25) is 0 Å². The number of hydrogen-bond donors (Lipinski definition) is 2. The first-order valence-electron chi connectivity index (χ1n) is 14.1. The number of aromatic nitrogens is 1. The summed E-state index contributed by atoms with van der Waals surface area (Å²) >= 11 is 0. The number of nitro benzene ring substituents is 1. The van der Waals surface area contributed by atoms with Gasteiger partial charge in [-0.2, -0.15) is 0 Å². The van der Waals surface area contributed by atoms with Crippen LogP contribution in [0.3, 0.4) is 0 Å². The van der Waals surface area contributed by atoms with E-state index >= 15 is 0 Å². The van der Waals surface area contributed by atoms with Gasteiger partial charge in [0.15, 0.2) is 0 Å². The van der Waals surface area contributed by atoms with Crippen molar-refractivity contribution in [1.82, 2.24) is 10.3 Å². The molecule has 3 aromatic rings. The van der Waals surface area contributed by atoms with Crippen molar-refractivity contribution in [2.45, 2.75) is 45.4 Å². The average Bonchev–Trinajstić information content (AvgIpc) is 2.99. The first kappa shape index (κ1) is 31.1. The van der Waals surface area contributed by atoms with E-state index in [1.54, 1.807) is 26.1 Å². The molecule has 10 nitrogen and oxygen atoms in total. The van der Waals surface area contributed by atoms with Crippen LogP contribution in [0.5, 0.6) is 0 Å². The molecule has 0 amide bonds. The van der Waals surface area contributed by atoms with E-state index in [2.05, 4.69) is 28.5 Å². The Labute approximate surface area is 250 Å². The Morgan fingerprint density at radius 3 is 2.42 bits per heavy atom. The highest BCUT2D eigenvalue weighted by molar-refractivity contribution is 5.99. The quantitative estimate of drug-likeness (QED) is 0.109. The predicted molar refractivity (Wildman–Crippen MR) is 160 cm³/mol. The van der Waals surface area contributed by atoms with Gasteiger partial charge in [-0.05, 0) is 67.9 Å². The second kappa shape index (κ2) is 14.9. The molecule has 2 aromatic carbocycles. The molecule has 0 bridgehead atoms. The van der Waals surface area contributed by atoms with Gasteiger partial charge < -0.3 is 19.9 Å². The van der Waals surface area contributed by atoms with E-state index in [-0.39, 0.29) is 23.4 Å². The number of hydrogen-bond acceptors (Lipinski definition) is 8. The zero-order chi connectivity index (χ0) is 30.8. The van der Waals surface area contributed by atoms with Gasteiger partial charge in [0.25, 0.3) is 5.69 Å². The fraction of sp³-hybridized carbons (Fsp3) is 0.303. The molecule has 0 aliphatic carbocycles. The number of ether oxygens (including phenoxy) is 2. The van der Waals surface area contributed by atoms with Gasteiger partial charge in [0, 0.05) is 42.5 Å². The number of esters is 1. The normalized spacial score (nSPS) is 14.8. The minimum absolute atomic E-state index is 0.0616. The number of nitrogens with zero attached hydrogens (tertiary/aromatic N) is 2. The Balaban J connectivity index is 1.28. The summed E-state index contributed by atoms with van der Waals surface area (Å²) < 4.78 is 11.4. The van der Waals surface area contributed by atoms with E-state index < -0.39 is 22.8 Å². The van der Waals surface area contributed by atoms with Gasteiger partial charge in [-0.3, -0.25) is 15.1 Å². The fourth-order valence-electron chi connectivity index (χ4n) is 5.23. The van der Waals surface area contributed by atoms with E-state index in [9.17, 15) is 24.8 Å². The van der Waals surface area contributed by atoms with Crippen molar-refractivity contribution in [1.29, 1.82) is 0 Å². The van der Waals surface area contributed by atoms with Gasteiger partial charge in [0.1, 0.15) is 0 Å². The minimum atomic E-state index is -1.23. The maximum atomic E-state index is 13.2. The lowest BCUT2D eigenvalue weighted by atomic mass is 9.80. The Kier molecular flexibility index (Phi) is 10.8. The SMILES string of the molecule is CC1=C(C(=O)O)C(c2cccc([N+](=O)[O-])c2)C(C(=O)OCCCCOCCc2ccccc2Cc2cccnc2)=C(C)N1. The van der Waals surface area contributed by atoms with Crippen LogP contribution in [0.15, 0.2) is 95.6 Å². The summed E-state index contributed by atoms with van der Waals surface area (Å²) in [5, 5.41) is 24.3. The number of allylic oxidation sites excluding steroid dienone is 2. The molecule has 2 N–H and O–H groups in total. The summed E-state index contributed by atoms with van der Waals surface area (Å²) in [7, 11) is 0. The largest absolute Gasteiger partial charge is 0.478 e. The molecule has 1 aliphatic heterocycles. The van der Waals surface area contributed by atoms with Crippen molar-refractivity contribution < 1.29 is 29.1 Å². The summed E-state index contributed by atoms with van der Waals surface area (Å²) in [6.07, 6.45) is 6.47. The van der Waals surface area contributed by atoms with Crippen molar-refractivity contribution >= 4 is 17.6 Å². The van der Waals surface area contributed by atoms with E-state index in [0.717, 1.165) is 18.4 Å². The number of rotatable bonds is 14. The molecule has 1 aliphatic rings. The number of aliphatic carboxylic acids is 1. The van der Waals surface area contributed by atoms with E-state index in [1.807, 2.05) is 24.4 Å². The van der Waals surface area contributed by atoms with Crippen molar-refractivity contribution in [2.75, 3.05) is 19.8 Å². The van der Waals surface area contributed by atoms with Gasteiger partial charge in [-0.1, -0.05) is 42.5 Å². The van der Waals surface area contributed by atoms with Crippen molar-refractivity contribution in [3.05, 3.63) is 128 Å². The summed E-state index contributed by atoms with van der Waals surface area (Å²) in [5.41, 5.74) is 4.61. The van der Waals surface area contributed by atoms with Crippen LogP contribution in [-0.4, -0.2) is 46.8 Å². The first-order valence-corrected chi connectivity index (χ1v) is 14.1. The lowest BCUT2D eigenvalue weighted by Crippen LogP contribution is -2.32. The highest BCUT2D eigenvalue weighted by Crippen LogP contribution is 2.39. The molecule has 224 valence electrons. The predicted octanol–water partition coefficient (Wildman–Crippen LogP) is 5.48. The van der Waals surface area contributed by atoms with Crippen LogP contribution in [0.25, 0.3) is 0 Å². The molecular formula is C33H35N3O7. The fourth-order valence-corrected chi connectivity index (χ4v) is 5.23. The monoisotopic (exact) mass is 585 g/mol. The Morgan fingerprint density at radius 2 is 1.70 bits per heavy atom. The third-order valence-corrected chi connectivity index (χ3v) is 7.29. The third kappa shape index (κ3) is 8.14. The van der Waals surface area contributed by atoms with Crippen LogP contribution >= 0.6 is 0 Å². The number of carbonyl (C=O) groups is 2. The molecule has 0 fully saturated rings. The minimum Gasteiger partial charge on any atom is -0.478 e. The standard InChI is InChI=1S/C33H35N3O7/c1-22-29(32(37)38)31(27-12-7-13-28(20-27)36(40)41)30(23(2)35-22)33(39)43-17-6-5-16-42-18-14-25-10-3-4-11-26(25)19-24-9-8-15-34-21-24/h3-4,7-13,15,20-21,31,35H,5-6,14,16-19H2,1-2H3,(H,37,38). The van der Waals surface area contributed by atoms with Gasteiger partial charge in [0.05, 0.1) is 35.2 Å². The summed E-state index contributed by atoms with van der Waals surface area (Å²) in [5.74, 6) is -2.91. The Hall–Kier alpha value is -4.83. The summed E-state index contributed by atoms with van der Waals surface area (Å²) in [6, 6.07) is 17.9. The van der Waals surface area contributed by atoms with Gasteiger partial charge in [-0.15, -0.1) is 0 Å². The zero-order valence-corrected chi connectivity index (χ0v) is 24.2. The van der Waals surface area contributed by atoms with E-state index in [1.165, 1.54) is 29.3 Å². The third-order valence-electron chi connectivity index (χ3n) is 7.29. The van der Waals surface area contributed by atoms with Gasteiger partial charge in [0.2, 0.25) is 0 Å². The van der Waals surface area contributed by atoms with Crippen LogP contribution in [0.4, 0.5) is 5.69 Å². The molecule has 0 saturated carbocycles. The van der Waals surface area contributed by atoms with E-state index in [0.29, 0.717) is 43.0 Å². The molecule has 10 heteroatoms. The van der Waals surface area contributed by atoms with Gasteiger partial charge >= 0.3 is 11.9 Å². The number of carboxylic acid groups (broad SMARTS) is 1. The van der Waals surface area contributed by atoms with Crippen molar-refractivity contribution in [3.8, 4) is 0 Å². The molecule has 1 unspecified atom stereocenters. The smallest absolute Gasteiger partial charge is 0.336 e. The van der Waals surface area contributed by atoms with Crippen LogP contribution < -0.4 is 5.32 Å². The summed E-state index contributed by atoms with van der Waals surface area (Å²) in [6.45, 7) is 4.45.